The van der Waals surface area contributed by atoms with Gasteiger partial charge in [-0.25, -0.2) is 9.78 Å². The zero-order valence-corrected chi connectivity index (χ0v) is 11.1. The maximum Gasteiger partial charge on any atom is 0.343 e. The van der Waals surface area contributed by atoms with Crippen LogP contribution in [0.15, 0.2) is 18.3 Å². The molecule has 1 N–H and O–H groups in total. The summed E-state index contributed by atoms with van der Waals surface area (Å²) in [7, 11) is 0. The molecular weight excluding hydrogens is 265 g/mol. The van der Waals surface area contributed by atoms with Crippen LogP contribution in [0.1, 0.15) is 36.5 Å². The monoisotopic (exact) mass is 281 g/mol. The van der Waals surface area contributed by atoms with E-state index in [0.29, 0.717) is 11.5 Å². The first-order valence-electron chi connectivity index (χ1n) is 6.44. The maximum absolute atomic E-state index is 13.5. The van der Waals surface area contributed by atoms with Gasteiger partial charge in [-0.3, -0.25) is 4.79 Å². The number of anilines is 1. The van der Waals surface area contributed by atoms with Gasteiger partial charge in [0.1, 0.15) is 11.4 Å². The fourth-order valence-corrected chi connectivity index (χ4v) is 2.01. The zero-order valence-electron chi connectivity index (χ0n) is 11.1. The number of aromatic nitrogens is 1. The Labute approximate surface area is 115 Å². The smallest absolute Gasteiger partial charge is 0.343 e. The van der Waals surface area contributed by atoms with Crippen molar-refractivity contribution in [2.24, 2.45) is 0 Å². The number of hydrogen-bond acceptors (Lipinski definition) is 5. The molecule has 1 fully saturated rings. The van der Waals surface area contributed by atoms with Crippen molar-refractivity contribution in [2.45, 2.75) is 32.4 Å². The molecule has 0 radical (unpaired) electrons. The number of esters is 1. The number of piperidine rings is 1. The predicted molar refractivity (Wildman–Crippen MR) is 69.4 cm³/mol. The highest BCUT2D eigenvalue weighted by atomic mass is 19.2. The minimum absolute atomic E-state index is 0.113. The molecule has 6 nitrogen and oxygen atoms in total. The molecule has 1 unspecified atom stereocenters. The highest BCUT2D eigenvalue weighted by molar-refractivity contribution is 5.99. The topological polar surface area (TPSA) is 71.5 Å². The lowest BCUT2D eigenvalue weighted by Crippen LogP contribution is -2.37. The second-order valence-corrected chi connectivity index (χ2v) is 4.56. The normalized spacial score (nSPS) is 19.4. The van der Waals surface area contributed by atoms with Gasteiger partial charge in [-0.05, 0) is 25.0 Å². The first kappa shape index (κ1) is 14.4. The summed E-state index contributed by atoms with van der Waals surface area (Å²) in [5.41, 5.74) is 0.113. The van der Waals surface area contributed by atoms with E-state index in [1.54, 1.807) is 6.07 Å². The molecule has 1 aliphatic heterocycles. The van der Waals surface area contributed by atoms with E-state index in [0.717, 1.165) is 12.8 Å². The molecule has 2 heterocycles. The maximum atomic E-state index is 13.5. The van der Waals surface area contributed by atoms with E-state index in [-0.39, 0.29) is 23.8 Å². The lowest BCUT2D eigenvalue weighted by molar-refractivity contribution is -0.145. The quantitative estimate of drug-likeness (QED) is 0.676. The molecule has 0 aromatic carbocycles. The van der Waals surface area contributed by atoms with Crippen LogP contribution in [0.25, 0.3) is 0 Å². The van der Waals surface area contributed by atoms with Crippen LogP contribution < -0.4 is 5.32 Å². The Morgan fingerprint density at radius 3 is 3.00 bits per heavy atom. The summed E-state index contributed by atoms with van der Waals surface area (Å²) >= 11 is 0. The van der Waals surface area contributed by atoms with Crippen LogP contribution in [0.3, 0.4) is 0 Å². The van der Waals surface area contributed by atoms with E-state index in [2.05, 4.69) is 10.3 Å². The molecule has 0 spiro atoms. The standard InChI is InChI=1S/C13H16FN3O3/c1-9(18)16-12-10(5-4-7-15-12)13(19)20-11-6-2-3-8-17(11)14/h4-5,7,11H,2-3,6,8H2,1H3,(H,15,16,18). The summed E-state index contributed by atoms with van der Waals surface area (Å²) in [6.45, 7) is 1.57. The molecule has 0 aliphatic carbocycles. The minimum atomic E-state index is -0.873. The summed E-state index contributed by atoms with van der Waals surface area (Å²) in [5, 5.41) is 2.97. The zero-order chi connectivity index (χ0) is 14.5. The first-order chi connectivity index (χ1) is 9.58. The Kier molecular flexibility index (Phi) is 4.62. The number of amides is 1. The number of ether oxygens (including phenoxy) is 1. The Bertz CT molecular complexity index is 509. The van der Waals surface area contributed by atoms with E-state index in [4.69, 9.17) is 4.74 Å². The van der Waals surface area contributed by atoms with Gasteiger partial charge in [0.25, 0.3) is 0 Å². The number of rotatable bonds is 3. The van der Waals surface area contributed by atoms with Crippen LogP contribution in [-0.4, -0.2) is 34.8 Å². The van der Waals surface area contributed by atoms with Gasteiger partial charge in [-0.15, -0.1) is 9.60 Å². The van der Waals surface area contributed by atoms with Crippen LogP contribution in [0.4, 0.5) is 10.3 Å². The van der Waals surface area contributed by atoms with E-state index < -0.39 is 12.2 Å². The number of halogens is 1. The van der Waals surface area contributed by atoms with Crippen LogP contribution >= 0.6 is 0 Å². The molecule has 20 heavy (non-hydrogen) atoms. The van der Waals surface area contributed by atoms with Gasteiger partial charge < -0.3 is 10.1 Å². The lowest BCUT2D eigenvalue weighted by Gasteiger charge is -2.27. The molecule has 1 saturated heterocycles. The molecule has 0 saturated carbocycles. The molecule has 1 amide bonds. The van der Waals surface area contributed by atoms with Crippen molar-refractivity contribution in [1.82, 2.24) is 10.1 Å². The first-order valence-corrected chi connectivity index (χ1v) is 6.44. The van der Waals surface area contributed by atoms with Gasteiger partial charge in [-0.1, -0.05) is 0 Å². The van der Waals surface area contributed by atoms with Gasteiger partial charge in [0, 0.05) is 26.1 Å². The third kappa shape index (κ3) is 3.51. The Hall–Kier alpha value is -2.02. The van der Waals surface area contributed by atoms with Gasteiger partial charge in [0.2, 0.25) is 5.91 Å². The van der Waals surface area contributed by atoms with Gasteiger partial charge >= 0.3 is 5.97 Å². The minimum Gasteiger partial charge on any atom is -0.440 e. The Balaban J connectivity index is 2.10. The highest BCUT2D eigenvalue weighted by Gasteiger charge is 2.27. The van der Waals surface area contributed by atoms with Gasteiger partial charge in [0.05, 0.1) is 0 Å². The van der Waals surface area contributed by atoms with E-state index in [9.17, 15) is 14.1 Å². The third-order valence-electron chi connectivity index (χ3n) is 2.95. The van der Waals surface area contributed by atoms with E-state index >= 15 is 0 Å². The van der Waals surface area contributed by atoms with Crippen molar-refractivity contribution in [2.75, 3.05) is 11.9 Å². The van der Waals surface area contributed by atoms with Crippen LogP contribution in [0.2, 0.25) is 0 Å². The van der Waals surface area contributed by atoms with Crippen molar-refractivity contribution >= 4 is 17.7 Å². The van der Waals surface area contributed by atoms with Crippen molar-refractivity contribution < 1.29 is 18.8 Å². The molecular formula is C13H16FN3O3. The highest BCUT2D eigenvalue weighted by Crippen LogP contribution is 2.21. The molecule has 108 valence electrons. The number of nitrogens with one attached hydrogen (secondary N) is 1. The number of pyridine rings is 1. The molecule has 0 bridgehead atoms. The predicted octanol–water partition coefficient (Wildman–Crippen LogP) is 1.89. The van der Waals surface area contributed by atoms with Crippen molar-refractivity contribution in [3.63, 3.8) is 0 Å². The average molecular weight is 281 g/mol. The van der Waals surface area contributed by atoms with Crippen LogP contribution in [0, 0.1) is 0 Å². The SMILES string of the molecule is CC(=O)Nc1ncccc1C(=O)OC1CCCCN1F. The average Bonchev–Trinajstić information content (AvgIpc) is 2.41. The molecule has 1 atom stereocenters. The summed E-state index contributed by atoms with van der Waals surface area (Å²) < 4.78 is 18.6. The summed E-state index contributed by atoms with van der Waals surface area (Å²) in [6, 6.07) is 3.03. The van der Waals surface area contributed by atoms with Crippen molar-refractivity contribution in [3.05, 3.63) is 23.9 Å². The molecule has 1 aromatic heterocycles. The second kappa shape index (κ2) is 6.42. The molecule has 7 heteroatoms. The van der Waals surface area contributed by atoms with E-state index in [1.807, 2.05) is 0 Å². The fourth-order valence-electron chi connectivity index (χ4n) is 2.01. The van der Waals surface area contributed by atoms with Gasteiger partial charge in [0.15, 0.2) is 6.23 Å². The molecule has 1 aromatic rings. The summed E-state index contributed by atoms with van der Waals surface area (Å²) in [6.07, 6.45) is 2.59. The number of carbonyl (C=O) groups is 2. The van der Waals surface area contributed by atoms with Crippen molar-refractivity contribution in [1.29, 1.82) is 0 Å². The molecule has 2 rings (SSSR count). The second-order valence-electron chi connectivity index (χ2n) is 4.56. The summed E-state index contributed by atoms with van der Waals surface area (Å²) in [5.74, 6) is -0.926. The van der Waals surface area contributed by atoms with Crippen molar-refractivity contribution in [3.8, 4) is 0 Å². The van der Waals surface area contributed by atoms with Crippen LogP contribution in [-0.2, 0) is 9.53 Å². The Morgan fingerprint density at radius 2 is 2.30 bits per heavy atom. The summed E-state index contributed by atoms with van der Waals surface area (Å²) in [4.78, 5) is 27.0. The largest absolute Gasteiger partial charge is 0.440 e. The Morgan fingerprint density at radius 1 is 1.50 bits per heavy atom. The molecule has 1 aliphatic rings. The lowest BCUT2D eigenvalue weighted by atomic mass is 10.1. The third-order valence-corrected chi connectivity index (χ3v) is 2.95. The van der Waals surface area contributed by atoms with E-state index in [1.165, 1.54) is 19.2 Å². The van der Waals surface area contributed by atoms with Gasteiger partial charge in [-0.2, -0.15) is 0 Å². The van der Waals surface area contributed by atoms with Crippen LogP contribution in [0.5, 0.6) is 0 Å². The number of hydrogen-bond donors (Lipinski definition) is 1. The fraction of sp³-hybridized carbons (Fsp3) is 0.462. The number of nitrogens with zero attached hydrogens (tertiary/aromatic N) is 2. The number of carbonyl (C=O) groups excluding carboxylic acids is 2.